The quantitative estimate of drug-likeness (QED) is 0.621. The van der Waals surface area contributed by atoms with Crippen LogP contribution in [0.25, 0.3) is 0 Å². The van der Waals surface area contributed by atoms with Crippen molar-refractivity contribution < 1.29 is 4.92 Å². The molecule has 1 N–H and O–H groups in total. The minimum atomic E-state index is -0.509. The monoisotopic (exact) mass is 330 g/mol. The van der Waals surface area contributed by atoms with E-state index in [1.165, 1.54) is 12.1 Å². The second-order valence-electron chi connectivity index (χ2n) is 4.03. The van der Waals surface area contributed by atoms with Crippen LogP contribution in [0.1, 0.15) is 5.56 Å². The van der Waals surface area contributed by atoms with Gasteiger partial charge >= 0.3 is 0 Å². The molecule has 0 atom stereocenters. The molecule has 4 nitrogen and oxygen atoms in total. The highest BCUT2D eigenvalue weighted by Gasteiger charge is 2.12. The molecule has 20 heavy (non-hydrogen) atoms. The minimum absolute atomic E-state index is 0.111. The Morgan fingerprint density at radius 1 is 1.00 bits per heavy atom. The van der Waals surface area contributed by atoms with Crippen LogP contribution in [0.3, 0.4) is 0 Å². The fourth-order valence-corrected chi connectivity index (χ4v) is 2.10. The Morgan fingerprint density at radius 3 is 2.35 bits per heavy atom. The van der Waals surface area contributed by atoms with Crippen LogP contribution in [0.15, 0.2) is 36.4 Å². The van der Waals surface area contributed by atoms with Gasteiger partial charge in [-0.05, 0) is 29.8 Å². The first-order chi connectivity index (χ1) is 9.47. The number of nitrogens with zero attached hydrogens (tertiary/aromatic N) is 1. The first-order valence-electron chi connectivity index (χ1n) is 5.59. The Bertz CT molecular complexity index is 662. The molecule has 2 aromatic rings. The van der Waals surface area contributed by atoms with Crippen LogP contribution < -0.4 is 5.32 Å². The predicted octanol–water partition coefficient (Wildman–Crippen LogP) is 5.17. The number of anilines is 1. The van der Waals surface area contributed by atoms with E-state index in [1.807, 2.05) is 0 Å². The fourth-order valence-electron chi connectivity index (χ4n) is 1.62. The molecule has 0 fully saturated rings. The number of nitro benzene ring substituents is 1. The number of hydrogen-bond donors (Lipinski definition) is 1. The number of nitro groups is 1. The summed E-state index contributed by atoms with van der Waals surface area (Å²) in [6.45, 7) is 0.413. The molecule has 0 aliphatic rings. The van der Waals surface area contributed by atoms with Crippen LogP contribution in [0.4, 0.5) is 11.4 Å². The van der Waals surface area contributed by atoms with Gasteiger partial charge in [-0.25, -0.2) is 0 Å². The summed E-state index contributed by atoms with van der Waals surface area (Å²) < 4.78 is 0. The zero-order chi connectivity index (χ0) is 14.7. The zero-order valence-electron chi connectivity index (χ0n) is 10.1. The molecule has 0 spiro atoms. The van der Waals surface area contributed by atoms with Gasteiger partial charge in [-0.15, -0.1) is 0 Å². The van der Waals surface area contributed by atoms with Crippen molar-refractivity contribution in [3.05, 3.63) is 67.1 Å². The largest absolute Gasteiger partial charge is 0.381 e. The van der Waals surface area contributed by atoms with Crippen molar-refractivity contribution in [2.75, 3.05) is 5.32 Å². The maximum atomic E-state index is 10.8. The maximum absolute atomic E-state index is 10.8. The molecule has 0 saturated carbocycles. The minimum Gasteiger partial charge on any atom is -0.381 e. The van der Waals surface area contributed by atoms with Gasteiger partial charge in [0.15, 0.2) is 0 Å². The molecule has 0 aliphatic carbocycles. The number of halogens is 3. The summed E-state index contributed by atoms with van der Waals surface area (Å²) in [5.74, 6) is 0. The highest BCUT2D eigenvalue weighted by atomic mass is 35.5. The molecule has 0 saturated heterocycles. The molecule has 104 valence electrons. The van der Waals surface area contributed by atoms with Crippen molar-refractivity contribution in [3.63, 3.8) is 0 Å². The molecular formula is C13H9Cl3N2O2. The summed E-state index contributed by atoms with van der Waals surface area (Å²) in [6, 6.07) is 9.81. The first kappa shape index (κ1) is 14.9. The highest BCUT2D eigenvalue weighted by molar-refractivity contribution is 6.42. The molecule has 2 aromatic carbocycles. The lowest BCUT2D eigenvalue weighted by molar-refractivity contribution is -0.384. The van der Waals surface area contributed by atoms with E-state index in [2.05, 4.69) is 5.32 Å². The lowest BCUT2D eigenvalue weighted by Gasteiger charge is -2.08. The van der Waals surface area contributed by atoms with Gasteiger partial charge in [0.05, 0.1) is 15.0 Å². The van der Waals surface area contributed by atoms with Crippen molar-refractivity contribution in [3.8, 4) is 0 Å². The number of hydrogen-bond acceptors (Lipinski definition) is 3. The van der Waals surface area contributed by atoms with Crippen molar-refractivity contribution in [1.29, 1.82) is 0 Å². The molecule has 7 heteroatoms. The van der Waals surface area contributed by atoms with Crippen LogP contribution in [0, 0.1) is 10.1 Å². The second-order valence-corrected chi connectivity index (χ2v) is 5.25. The average Bonchev–Trinajstić information content (AvgIpc) is 2.41. The third-order valence-corrected chi connectivity index (χ3v) is 3.68. The summed E-state index contributed by atoms with van der Waals surface area (Å²) in [7, 11) is 0. The number of nitrogens with one attached hydrogen (secondary N) is 1. The van der Waals surface area contributed by atoms with Crippen molar-refractivity contribution in [2.45, 2.75) is 6.54 Å². The summed E-state index contributed by atoms with van der Waals surface area (Å²) in [6.07, 6.45) is 0. The predicted molar refractivity (Wildman–Crippen MR) is 81.9 cm³/mol. The van der Waals surface area contributed by atoms with Gasteiger partial charge in [0.2, 0.25) is 0 Å². The normalized spacial score (nSPS) is 10.3. The van der Waals surface area contributed by atoms with Crippen LogP contribution >= 0.6 is 34.8 Å². The Hall–Kier alpha value is -1.49. The highest BCUT2D eigenvalue weighted by Crippen LogP contribution is 2.27. The standard InChI is InChI=1S/C13H9Cl3N2O2/c14-10-4-2-9(6-12(10)16)17-7-8-1-3-11(15)13(5-8)18(19)20/h1-6,17H,7H2. The van der Waals surface area contributed by atoms with Gasteiger partial charge in [-0.3, -0.25) is 10.1 Å². The van der Waals surface area contributed by atoms with E-state index in [1.54, 1.807) is 24.3 Å². The van der Waals surface area contributed by atoms with Gasteiger partial charge < -0.3 is 5.32 Å². The molecule has 0 bridgehead atoms. The number of rotatable bonds is 4. The maximum Gasteiger partial charge on any atom is 0.288 e. The van der Waals surface area contributed by atoms with Crippen molar-refractivity contribution in [1.82, 2.24) is 0 Å². The molecule has 0 aromatic heterocycles. The molecule has 0 aliphatic heterocycles. The SMILES string of the molecule is O=[N+]([O-])c1cc(CNc2ccc(Cl)c(Cl)c2)ccc1Cl. The molecule has 0 unspecified atom stereocenters. The van der Waals surface area contributed by atoms with E-state index in [-0.39, 0.29) is 10.7 Å². The molecule has 2 rings (SSSR count). The van der Waals surface area contributed by atoms with Crippen molar-refractivity contribution in [2.24, 2.45) is 0 Å². The van der Waals surface area contributed by atoms with E-state index in [4.69, 9.17) is 34.8 Å². The van der Waals surface area contributed by atoms with E-state index in [9.17, 15) is 10.1 Å². The lowest BCUT2D eigenvalue weighted by atomic mass is 10.2. The Labute approximate surface area is 130 Å². The van der Waals surface area contributed by atoms with Gasteiger partial charge in [-0.1, -0.05) is 40.9 Å². The Balaban J connectivity index is 2.12. The third-order valence-electron chi connectivity index (χ3n) is 2.62. The first-order valence-corrected chi connectivity index (χ1v) is 6.72. The summed E-state index contributed by atoms with van der Waals surface area (Å²) in [5.41, 5.74) is 1.41. The summed E-state index contributed by atoms with van der Waals surface area (Å²) >= 11 is 17.5. The van der Waals surface area contributed by atoms with Gasteiger partial charge in [0, 0.05) is 18.3 Å². The molecular weight excluding hydrogens is 323 g/mol. The van der Waals surface area contributed by atoms with Crippen LogP contribution in [-0.4, -0.2) is 4.92 Å². The summed E-state index contributed by atoms with van der Waals surface area (Å²) in [4.78, 5) is 10.3. The molecule has 0 radical (unpaired) electrons. The lowest BCUT2D eigenvalue weighted by Crippen LogP contribution is -2.00. The van der Waals surface area contributed by atoms with E-state index < -0.39 is 4.92 Å². The Kier molecular flexibility index (Phi) is 4.70. The zero-order valence-corrected chi connectivity index (χ0v) is 12.3. The smallest absolute Gasteiger partial charge is 0.288 e. The second kappa shape index (κ2) is 6.31. The van der Waals surface area contributed by atoms with Crippen LogP contribution in [0.5, 0.6) is 0 Å². The Morgan fingerprint density at radius 2 is 1.70 bits per heavy atom. The topological polar surface area (TPSA) is 55.2 Å². The fraction of sp³-hybridized carbons (Fsp3) is 0.0769. The summed E-state index contributed by atoms with van der Waals surface area (Å²) in [5, 5.41) is 14.9. The van der Waals surface area contributed by atoms with Gasteiger partial charge in [0.1, 0.15) is 5.02 Å². The van der Waals surface area contributed by atoms with Gasteiger partial charge in [-0.2, -0.15) is 0 Å². The van der Waals surface area contributed by atoms with E-state index in [0.717, 1.165) is 11.3 Å². The van der Waals surface area contributed by atoms with E-state index in [0.29, 0.717) is 16.6 Å². The molecule has 0 heterocycles. The van der Waals surface area contributed by atoms with E-state index >= 15 is 0 Å². The molecule has 0 amide bonds. The van der Waals surface area contributed by atoms with Crippen LogP contribution in [-0.2, 0) is 6.54 Å². The van der Waals surface area contributed by atoms with Crippen molar-refractivity contribution >= 4 is 46.2 Å². The number of benzene rings is 2. The van der Waals surface area contributed by atoms with Gasteiger partial charge in [0.25, 0.3) is 5.69 Å². The van der Waals surface area contributed by atoms with Crippen LogP contribution in [0.2, 0.25) is 15.1 Å². The third kappa shape index (κ3) is 3.54. The average molecular weight is 332 g/mol.